The number of carbonyl (C=O) groups is 1. The van der Waals surface area contributed by atoms with Crippen molar-refractivity contribution < 1.29 is 9.53 Å². The first-order valence-corrected chi connectivity index (χ1v) is 20.9. The Balaban J connectivity index is 1.71. The zero-order chi connectivity index (χ0) is 32.7. The minimum atomic E-state index is -3.13. The van der Waals surface area contributed by atoms with Crippen molar-refractivity contribution >= 4 is 53.6 Å². The molecule has 1 heterocycles. The minimum absolute atomic E-state index is 0.0876. The lowest BCUT2D eigenvalue weighted by Crippen LogP contribution is -2.92. The van der Waals surface area contributed by atoms with Crippen LogP contribution in [0.1, 0.15) is 25.7 Å². The average molecular weight is 660 g/mol. The van der Waals surface area contributed by atoms with E-state index in [1.54, 1.807) is 0 Å². The lowest BCUT2D eigenvalue weighted by Gasteiger charge is -2.57. The Morgan fingerprint density at radius 1 is 0.438 bits per heavy atom. The van der Waals surface area contributed by atoms with Crippen molar-refractivity contribution in [1.82, 2.24) is 4.23 Å². The first-order chi connectivity index (χ1) is 23.8. The maximum absolute atomic E-state index is 12.6. The summed E-state index contributed by atoms with van der Waals surface area (Å²) in [6, 6.07) is 67.8. The average Bonchev–Trinajstić information content (AvgIpc) is 3.16. The summed E-state index contributed by atoms with van der Waals surface area (Å²) in [5.41, 5.74) is 0. The molecule has 0 amide bonds. The molecule has 1 atom stereocenters. The van der Waals surface area contributed by atoms with Crippen LogP contribution in [0.2, 0.25) is 0 Å². The molecule has 0 spiro atoms. The maximum Gasteiger partial charge on any atom is 0.305 e. The Bertz CT molecular complexity index is 1560. The van der Waals surface area contributed by atoms with Crippen LogP contribution in [-0.2, 0) is 9.53 Å². The van der Waals surface area contributed by atoms with Crippen molar-refractivity contribution in [3.05, 3.63) is 182 Å². The first kappa shape index (κ1) is 31.8. The number of rotatable bonds is 9. The molecule has 1 unspecified atom stereocenters. The van der Waals surface area contributed by atoms with E-state index in [-0.39, 0.29) is 12.0 Å². The van der Waals surface area contributed by atoms with Crippen LogP contribution in [0, 0.1) is 0 Å². The molecular weight excluding hydrogens is 619 g/mol. The highest BCUT2D eigenvalue weighted by Gasteiger charge is 2.59. The van der Waals surface area contributed by atoms with E-state index in [1.807, 2.05) is 0 Å². The molecule has 238 valence electrons. The number of cyclic esters (lactones) is 1. The van der Waals surface area contributed by atoms with Gasteiger partial charge < -0.3 is 8.97 Å². The first-order valence-electron chi connectivity index (χ1n) is 17.0. The zero-order valence-electron chi connectivity index (χ0n) is 27.2. The number of esters is 1. The Hall–Kier alpha value is -4.82. The molecule has 6 aromatic rings. The van der Waals surface area contributed by atoms with Crippen molar-refractivity contribution in [3.8, 4) is 0 Å². The molecule has 0 radical (unpaired) electrons. The van der Waals surface area contributed by atoms with Gasteiger partial charge in [0.2, 0.25) is 16.5 Å². The van der Waals surface area contributed by atoms with Crippen LogP contribution in [0.15, 0.2) is 182 Å². The predicted octanol–water partition coefficient (Wildman–Crippen LogP) is 5.11. The second-order valence-electron chi connectivity index (χ2n) is 12.5. The van der Waals surface area contributed by atoms with Crippen LogP contribution in [-0.4, -0.2) is 39.3 Å². The van der Waals surface area contributed by atoms with E-state index in [0.717, 1.165) is 19.3 Å². The number of benzene rings is 6. The Labute approximate surface area is 286 Å². The summed E-state index contributed by atoms with van der Waals surface area (Å²) in [4.78, 5) is 12.6. The van der Waals surface area contributed by atoms with E-state index >= 15 is 0 Å². The fourth-order valence-electron chi connectivity index (χ4n) is 7.98. The lowest BCUT2D eigenvalue weighted by molar-refractivity contribution is -0.144. The standard InChI is InChI=1S/C43H41NO2Si2/c45-43-33-19-20-36(34-35-46-43)44(47(37-21-7-1-8-22-37,38-23-9-2-10-24-38)39-25-11-3-12-26-39)48(40-27-13-4-14-28-40,41-29-15-5-16-30-41)42-31-17-6-18-32-42/h1-18,21-32,36H,19-20,33-35H2. The number of nitrogens with zero attached hydrogens (tertiary/aromatic N) is 1. The SMILES string of the molecule is O=C1CCCC(N([Si](c2ccccc2)(c2ccccc2)c2ccccc2)[Si](c2ccccc2)(c2ccccc2)c2ccccc2)CCO1. The summed E-state index contributed by atoms with van der Waals surface area (Å²) >= 11 is 0. The molecule has 6 aromatic carbocycles. The van der Waals surface area contributed by atoms with Gasteiger partial charge in [-0.15, -0.1) is 0 Å². The van der Waals surface area contributed by atoms with Crippen LogP contribution < -0.4 is 31.1 Å². The van der Waals surface area contributed by atoms with E-state index in [1.165, 1.54) is 31.1 Å². The highest BCUT2D eigenvalue weighted by Crippen LogP contribution is 2.30. The van der Waals surface area contributed by atoms with Crippen LogP contribution in [0.5, 0.6) is 0 Å². The summed E-state index contributed by atoms with van der Waals surface area (Å²) in [6.07, 6.45) is 2.88. The van der Waals surface area contributed by atoms with Crippen molar-refractivity contribution in [1.29, 1.82) is 0 Å². The Morgan fingerprint density at radius 3 is 1.02 bits per heavy atom. The summed E-state index contributed by atoms with van der Waals surface area (Å²) in [7, 11) is -6.25. The van der Waals surface area contributed by atoms with Crippen LogP contribution in [0.3, 0.4) is 0 Å². The summed E-state index contributed by atoms with van der Waals surface area (Å²) in [5.74, 6) is -0.0876. The molecule has 48 heavy (non-hydrogen) atoms. The van der Waals surface area contributed by atoms with Crippen LogP contribution in [0.4, 0.5) is 0 Å². The maximum atomic E-state index is 12.6. The van der Waals surface area contributed by atoms with E-state index in [9.17, 15) is 4.79 Å². The van der Waals surface area contributed by atoms with Gasteiger partial charge in [0, 0.05) is 12.5 Å². The molecule has 7 rings (SSSR count). The van der Waals surface area contributed by atoms with Crippen molar-refractivity contribution in [2.75, 3.05) is 6.61 Å². The summed E-state index contributed by atoms with van der Waals surface area (Å²) in [5, 5.41) is 8.09. The van der Waals surface area contributed by atoms with Gasteiger partial charge in [-0.05, 0) is 50.4 Å². The van der Waals surface area contributed by atoms with Gasteiger partial charge in [0.15, 0.2) is 0 Å². The topological polar surface area (TPSA) is 29.5 Å². The molecule has 1 aliphatic heterocycles. The molecule has 1 aliphatic rings. The molecule has 3 nitrogen and oxygen atoms in total. The lowest BCUT2D eigenvalue weighted by atomic mass is 10.1. The van der Waals surface area contributed by atoms with Gasteiger partial charge in [-0.3, -0.25) is 4.79 Å². The third kappa shape index (κ3) is 5.79. The summed E-state index contributed by atoms with van der Waals surface area (Å²) < 4.78 is 8.97. The van der Waals surface area contributed by atoms with Gasteiger partial charge >= 0.3 is 5.97 Å². The molecule has 5 heteroatoms. The third-order valence-electron chi connectivity index (χ3n) is 9.87. The second kappa shape index (κ2) is 14.5. The molecule has 1 saturated heterocycles. The molecule has 0 saturated carbocycles. The smallest absolute Gasteiger partial charge is 0.305 e. The monoisotopic (exact) mass is 659 g/mol. The van der Waals surface area contributed by atoms with Crippen molar-refractivity contribution in [2.45, 2.75) is 31.7 Å². The van der Waals surface area contributed by atoms with E-state index < -0.39 is 16.5 Å². The normalized spacial score (nSPS) is 15.7. The molecule has 1 fully saturated rings. The van der Waals surface area contributed by atoms with Gasteiger partial charge in [0.05, 0.1) is 6.61 Å². The van der Waals surface area contributed by atoms with E-state index in [0.29, 0.717) is 13.0 Å². The molecule has 0 N–H and O–H groups in total. The Kier molecular flexibility index (Phi) is 9.61. The molecule has 0 aromatic heterocycles. The van der Waals surface area contributed by atoms with Gasteiger partial charge in [-0.1, -0.05) is 182 Å². The largest absolute Gasteiger partial charge is 0.466 e. The van der Waals surface area contributed by atoms with Crippen LogP contribution >= 0.6 is 0 Å². The number of carbonyl (C=O) groups excluding carboxylic acids is 1. The number of hydrogen-bond acceptors (Lipinski definition) is 3. The minimum Gasteiger partial charge on any atom is -0.466 e. The van der Waals surface area contributed by atoms with Gasteiger partial charge in [-0.25, -0.2) is 0 Å². The molecule has 0 bridgehead atoms. The van der Waals surface area contributed by atoms with Gasteiger partial charge in [-0.2, -0.15) is 0 Å². The van der Waals surface area contributed by atoms with Crippen LogP contribution in [0.25, 0.3) is 0 Å². The third-order valence-corrected chi connectivity index (χ3v) is 21.1. The number of ether oxygens (including phenoxy) is 1. The zero-order valence-corrected chi connectivity index (χ0v) is 29.2. The highest BCUT2D eigenvalue weighted by atomic mass is 28.4. The van der Waals surface area contributed by atoms with Crippen molar-refractivity contribution in [3.63, 3.8) is 0 Å². The number of hydrogen-bond donors (Lipinski definition) is 0. The predicted molar refractivity (Wildman–Crippen MR) is 203 cm³/mol. The molecular formula is C43H41NO2Si2. The fourth-order valence-corrected chi connectivity index (χ4v) is 21.6. The quantitative estimate of drug-likeness (QED) is 0.123. The van der Waals surface area contributed by atoms with Crippen molar-refractivity contribution in [2.24, 2.45) is 0 Å². The van der Waals surface area contributed by atoms with Gasteiger partial charge in [0.1, 0.15) is 0 Å². The molecule has 0 aliphatic carbocycles. The highest BCUT2D eigenvalue weighted by molar-refractivity contribution is 7.22. The summed E-state index contributed by atoms with van der Waals surface area (Å²) in [6.45, 7) is 0.408. The van der Waals surface area contributed by atoms with Gasteiger partial charge in [0.25, 0.3) is 0 Å². The fraction of sp³-hybridized carbons (Fsp3) is 0.140. The Morgan fingerprint density at radius 2 is 0.729 bits per heavy atom. The second-order valence-corrected chi connectivity index (χ2v) is 20.3. The van der Waals surface area contributed by atoms with E-state index in [4.69, 9.17) is 4.74 Å². The van der Waals surface area contributed by atoms with E-state index in [2.05, 4.69) is 186 Å².